The molecule has 0 spiro atoms. The van der Waals surface area contributed by atoms with Crippen molar-refractivity contribution in [2.75, 3.05) is 6.61 Å². The van der Waals surface area contributed by atoms with Crippen molar-refractivity contribution in [1.82, 2.24) is 15.0 Å². The number of ether oxygens (including phenoxy) is 1. The zero-order valence-corrected chi connectivity index (χ0v) is 15.4. The lowest BCUT2D eigenvalue weighted by Crippen LogP contribution is -2.19. The molecule has 30 heavy (non-hydrogen) atoms. The Kier molecular flexibility index (Phi) is 4.86. The summed E-state index contributed by atoms with van der Waals surface area (Å²) < 4.78 is 42.0. The number of nitrogens with zero attached hydrogens (tertiary/aromatic N) is 2. The monoisotopic (exact) mass is 412 g/mol. The Morgan fingerprint density at radius 1 is 1.13 bits per heavy atom. The molecule has 0 saturated heterocycles. The van der Waals surface area contributed by atoms with Gasteiger partial charge in [0.25, 0.3) is 0 Å². The van der Waals surface area contributed by atoms with E-state index in [1.807, 2.05) is 6.07 Å². The van der Waals surface area contributed by atoms with Crippen LogP contribution < -0.4 is 10.5 Å². The van der Waals surface area contributed by atoms with E-state index in [2.05, 4.69) is 15.0 Å². The van der Waals surface area contributed by atoms with Gasteiger partial charge in [-0.15, -0.1) is 0 Å². The van der Waals surface area contributed by atoms with Crippen LogP contribution in [-0.4, -0.2) is 33.6 Å². The van der Waals surface area contributed by atoms with E-state index in [9.17, 15) is 18.0 Å². The van der Waals surface area contributed by atoms with E-state index >= 15 is 0 Å². The summed E-state index contributed by atoms with van der Waals surface area (Å²) in [6, 6.07) is 8.25. The number of benzene rings is 1. The Morgan fingerprint density at radius 3 is 2.67 bits per heavy atom. The number of rotatable bonds is 5. The lowest BCUT2D eigenvalue weighted by atomic mass is 10.0. The topological polar surface area (TPSA) is 93.9 Å². The number of fused-ring (bicyclic) bond motifs is 2. The summed E-state index contributed by atoms with van der Waals surface area (Å²) in [6.45, 7) is -1.36. The molecule has 1 amide bonds. The summed E-state index contributed by atoms with van der Waals surface area (Å²) in [5.74, 6) is -0.451. The highest BCUT2D eigenvalue weighted by Gasteiger charge is 2.28. The maximum Gasteiger partial charge on any atom is 0.422 e. The van der Waals surface area contributed by atoms with Gasteiger partial charge in [-0.2, -0.15) is 13.2 Å². The molecule has 3 aromatic heterocycles. The van der Waals surface area contributed by atoms with Crippen LogP contribution in [0.25, 0.3) is 39.1 Å². The Labute approximate surface area is 168 Å². The fourth-order valence-electron chi connectivity index (χ4n) is 3.01. The van der Waals surface area contributed by atoms with E-state index < -0.39 is 18.7 Å². The third-order valence-electron chi connectivity index (χ3n) is 4.38. The molecule has 0 atom stereocenters. The predicted octanol–water partition coefficient (Wildman–Crippen LogP) is 4.22. The molecule has 9 heteroatoms. The molecule has 3 heterocycles. The zero-order chi connectivity index (χ0) is 21.3. The smallest absolute Gasteiger partial charge is 0.422 e. The van der Waals surface area contributed by atoms with Gasteiger partial charge in [0.1, 0.15) is 11.4 Å². The molecule has 0 aliphatic carbocycles. The molecular weight excluding hydrogens is 397 g/mol. The van der Waals surface area contributed by atoms with Gasteiger partial charge in [0.05, 0.1) is 5.52 Å². The molecule has 0 unspecified atom stereocenters. The number of pyridine rings is 2. The maximum atomic E-state index is 12.4. The van der Waals surface area contributed by atoms with Crippen molar-refractivity contribution in [3.05, 3.63) is 60.6 Å². The van der Waals surface area contributed by atoms with Crippen LogP contribution in [-0.2, 0) is 4.79 Å². The van der Waals surface area contributed by atoms with Crippen molar-refractivity contribution >= 4 is 33.9 Å². The van der Waals surface area contributed by atoms with Crippen molar-refractivity contribution < 1.29 is 22.7 Å². The Morgan fingerprint density at radius 2 is 1.90 bits per heavy atom. The van der Waals surface area contributed by atoms with Crippen LogP contribution in [0, 0.1) is 0 Å². The Hall–Kier alpha value is -3.88. The molecule has 6 nitrogen and oxygen atoms in total. The second-order valence-electron chi connectivity index (χ2n) is 6.58. The highest BCUT2D eigenvalue weighted by Crippen LogP contribution is 2.29. The van der Waals surface area contributed by atoms with Crippen LogP contribution in [0.5, 0.6) is 5.75 Å². The van der Waals surface area contributed by atoms with Crippen LogP contribution in [0.4, 0.5) is 13.2 Å². The fourth-order valence-corrected chi connectivity index (χ4v) is 3.01. The third-order valence-corrected chi connectivity index (χ3v) is 4.38. The average molecular weight is 412 g/mol. The second-order valence-corrected chi connectivity index (χ2v) is 6.58. The predicted molar refractivity (Wildman–Crippen MR) is 107 cm³/mol. The first-order valence-electron chi connectivity index (χ1n) is 8.83. The van der Waals surface area contributed by atoms with Crippen LogP contribution in [0.15, 0.2) is 55.0 Å². The van der Waals surface area contributed by atoms with Gasteiger partial charge in [0.15, 0.2) is 6.61 Å². The lowest BCUT2D eigenvalue weighted by Gasteiger charge is -2.10. The molecule has 0 aliphatic rings. The van der Waals surface area contributed by atoms with Crippen molar-refractivity contribution in [1.29, 1.82) is 0 Å². The van der Waals surface area contributed by atoms with Crippen LogP contribution >= 0.6 is 0 Å². The molecule has 152 valence electrons. The first-order chi connectivity index (χ1) is 14.3. The van der Waals surface area contributed by atoms with Crippen molar-refractivity contribution in [2.45, 2.75) is 6.18 Å². The number of carbonyl (C=O) groups excluding carboxylic acids is 1. The van der Waals surface area contributed by atoms with Crippen molar-refractivity contribution in [3.8, 4) is 16.9 Å². The number of aromatic amines is 1. The highest BCUT2D eigenvalue weighted by molar-refractivity contribution is 5.96. The SMILES string of the molecule is NC(=O)/C=C/c1c[nH]c2ncc(-c3cnc4ccc(OCC(F)(F)F)cc4c3)cc12. The van der Waals surface area contributed by atoms with Crippen LogP contribution in [0.2, 0.25) is 0 Å². The van der Waals surface area contributed by atoms with Gasteiger partial charge >= 0.3 is 6.18 Å². The number of aromatic nitrogens is 3. The summed E-state index contributed by atoms with van der Waals surface area (Å²) in [5.41, 5.74) is 8.65. The quantitative estimate of drug-likeness (QED) is 0.480. The number of alkyl halides is 3. The van der Waals surface area contributed by atoms with E-state index in [1.54, 1.807) is 36.8 Å². The number of halogens is 3. The first-order valence-corrected chi connectivity index (χ1v) is 8.83. The van der Waals surface area contributed by atoms with Crippen molar-refractivity contribution in [2.24, 2.45) is 5.73 Å². The molecule has 0 saturated carbocycles. The van der Waals surface area contributed by atoms with E-state index in [1.165, 1.54) is 18.2 Å². The summed E-state index contributed by atoms with van der Waals surface area (Å²) >= 11 is 0. The second kappa shape index (κ2) is 7.51. The fraction of sp³-hybridized carbons (Fsp3) is 0.0952. The van der Waals surface area contributed by atoms with Gasteiger partial charge in [0, 0.05) is 52.1 Å². The summed E-state index contributed by atoms with van der Waals surface area (Å²) in [6.07, 6.45) is 3.47. The minimum Gasteiger partial charge on any atom is -0.484 e. The van der Waals surface area contributed by atoms with Gasteiger partial charge in [-0.1, -0.05) is 0 Å². The molecule has 4 aromatic rings. The van der Waals surface area contributed by atoms with Gasteiger partial charge in [0.2, 0.25) is 5.91 Å². The standard InChI is InChI=1S/C21H15F3N4O2/c22-21(23,24)11-30-16-2-3-18-13(6-16)5-14(9-26-18)15-7-17-12(1-4-19(25)29)8-27-20(17)28-10-15/h1-10H,11H2,(H2,25,29)(H,27,28)/b4-1+. The number of nitrogens with one attached hydrogen (secondary N) is 1. The number of primary amides is 1. The van der Waals surface area contributed by atoms with Crippen LogP contribution in [0.1, 0.15) is 5.56 Å². The number of carbonyl (C=O) groups is 1. The molecule has 0 radical (unpaired) electrons. The summed E-state index contributed by atoms with van der Waals surface area (Å²) in [5, 5.41) is 1.42. The van der Waals surface area contributed by atoms with E-state index in [0.717, 1.165) is 22.1 Å². The van der Waals surface area contributed by atoms with Gasteiger partial charge in [-0.05, 0) is 36.4 Å². The lowest BCUT2D eigenvalue weighted by molar-refractivity contribution is -0.153. The molecule has 0 bridgehead atoms. The number of nitrogens with two attached hydrogens (primary N) is 1. The Bertz CT molecular complexity index is 1280. The normalized spacial score (nSPS) is 12.1. The summed E-state index contributed by atoms with van der Waals surface area (Å²) in [7, 11) is 0. The largest absolute Gasteiger partial charge is 0.484 e. The minimum atomic E-state index is -4.41. The number of hydrogen-bond acceptors (Lipinski definition) is 4. The Balaban J connectivity index is 1.70. The van der Waals surface area contributed by atoms with Gasteiger partial charge < -0.3 is 15.5 Å². The molecule has 0 aliphatic heterocycles. The van der Waals surface area contributed by atoms with Crippen LogP contribution in [0.3, 0.4) is 0 Å². The van der Waals surface area contributed by atoms with Gasteiger partial charge in [-0.3, -0.25) is 9.78 Å². The van der Waals surface area contributed by atoms with E-state index in [4.69, 9.17) is 10.5 Å². The zero-order valence-electron chi connectivity index (χ0n) is 15.4. The van der Waals surface area contributed by atoms with Gasteiger partial charge in [-0.25, -0.2) is 4.98 Å². The van der Waals surface area contributed by atoms with Crippen molar-refractivity contribution in [3.63, 3.8) is 0 Å². The molecule has 1 aromatic carbocycles. The minimum absolute atomic E-state index is 0.108. The first kappa shape index (κ1) is 19.4. The van der Waals surface area contributed by atoms with E-state index in [0.29, 0.717) is 16.6 Å². The molecule has 3 N–H and O–H groups in total. The highest BCUT2D eigenvalue weighted by atomic mass is 19.4. The number of H-pyrrole nitrogens is 1. The average Bonchev–Trinajstić information content (AvgIpc) is 3.12. The molecular formula is C21H15F3N4O2. The summed E-state index contributed by atoms with van der Waals surface area (Å²) in [4.78, 5) is 22.8. The maximum absolute atomic E-state index is 12.4. The molecule has 0 fully saturated rings. The molecule has 4 rings (SSSR count). The van der Waals surface area contributed by atoms with E-state index in [-0.39, 0.29) is 5.75 Å². The number of hydrogen-bond donors (Lipinski definition) is 2. The number of amides is 1. The third kappa shape index (κ3) is 4.24.